The summed E-state index contributed by atoms with van der Waals surface area (Å²) in [5.74, 6) is -1.29. The number of rotatable bonds is 3. The standard InChI is InChI=1S/C8H6ClF3N2O3/c1-4-2-6(17-8(10,11)12)7(14(15)16)5(3-9)13-4/h2H,3H2,1H3. The summed E-state index contributed by atoms with van der Waals surface area (Å²) in [6, 6.07) is 0.835. The van der Waals surface area contributed by atoms with Crippen molar-refractivity contribution < 1.29 is 22.8 Å². The van der Waals surface area contributed by atoms with Crippen molar-refractivity contribution in [2.75, 3.05) is 0 Å². The molecule has 0 aliphatic rings. The molecular formula is C8H6ClF3N2O3. The lowest BCUT2D eigenvalue weighted by molar-refractivity contribution is -0.389. The number of hydrogen-bond donors (Lipinski definition) is 0. The van der Waals surface area contributed by atoms with Crippen molar-refractivity contribution in [3.63, 3.8) is 0 Å². The summed E-state index contributed by atoms with van der Waals surface area (Å²) in [6.45, 7) is 1.38. The van der Waals surface area contributed by atoms with Gasteiger partial charge in [-0.3, -0.25) is 10.1 Å². The van der Waals surface area contributed by atoms with Crippen LogP contribution in [0.25, 0.3) is 0 Å². The van der Waals surface area contributed by atoms with Gasteiger partial charge in [-0.05, 0) is 6.92 Å². The molecule has 0 spiro atoms. The maximum atomic E-state index is 12.1. The minimum Gasteiger partial charge on any atom is -0.398 e. The van der Waals surface area contributed by atoms with Crippen molar-refractivity contribution in [1.29, 1.82) is 0 Å². The highest BCUT2D eigenvalue weighted by Crippen LogP contribution is 2.35. The third-order valence-corrected chi connectivity index (χ3v) is 1.95. The predicted molar refractivity (Wildman–Crippen MR) is 51.9 cm³/mol. The molecule has 0 amide bonds. The molecule has 0 N–H and O–H groups in total. The molecule has 1 heterocycles. The monoisotopic (exact) mass is 270 g/mol. The highest BCUT2D eigenvalue weighted by molar-refractivity contribution is 6.17. The summed E-state index contributed by atoms with van der Waals surface area (Å²) in [6.07, 6.45) is -5.01. The average molecular weight is 271 g/mol. The Balaban J connectivity index is 3.35. The molecule has 0 atom stereocenters. The topological polar surface area (TPSA) is 65.3 Å². The first-order valence-electron chi connectivity index (χ1n) is 4.21. The summed E-state index contributed by atoms with van der Waals surface area (Å²) in [5.41, 5.74) is -0.996. The predicted octanol–water partition coefficient (Wildman–Crippen LogP) is 2.94. The Morgan fingerprint density at radius 3 is 2.59 bits per heavy atom. The molecule has 0 fully saturated rings. The second kappa shape index (κ2) is 4.74. The Kier molecular flexibility index (Phi) is 3.76. The van der Waals surface area contributed by atoms with Crippen LogP contribution in [-0.2, 0) is 5.88 Å². The summed E-state index contributed by atoms with van der Waals surface area (Å²) in [7, 11) is 0. The van der Waals surface area contributed by atoms with Crippen LogP contribution in [0.15, 0.2) is 6.07 Å². The van der Waals surface area contributed by atoms with Gasteiger partial charge in [0, 0.05) is 11.8 Å². The zero-order chi connectivity index (χ0) is 13.2. The third kappa shape index (κ3) is 3.45. The van der Waals surface area contributed by atoms with Gasteiger partial charge in [0.15, 0.2) is 0 Å². The number of nitro groups is 1. The van der Waals surface area contributed by atoms with Crippen molar-refractivity contribution in [2.45, 2.75) is 19.2 Å². The summed E-state index contributed by atoms with van der Waals surface area (Å²) < 4.78 is 39.7. The average Bonchev–Trinajstić information content (AvgIpc) is 2.12. The van der Waals surface area contributed by atoms with E-state index in [-0.39, 0.29) is 17.3 Å². The van der Waals surface area contributed by atoms with Gasteiger partial charge in [0.05, 0.1) is 10.8 Å². The molecule has 1 rings (SSSR count). The summed E-state index contributed by atoms with van der Waals surface area (Å²) in [4.78, 5) is 13.3. The molecule has 1 aromatic heterocycles. The maximum Gasteiger partial charge on any atom is 0.573 e. The first kappa shape index (κ1) is 13.5. The highest BCUT2D eigenvalue weighted by atomic mass is 35.5. The van der Waals surface area contributed by atoms with E-state index < -0.39 is 22.7 Å². The highest BCUT2D eigenvalue weighted by Gasteiger charge is 2.36. The van der Waals surface area contributed by atoms with Crippen LogP contribution >= 0.6 is 11.6 Å². The van der Waals surface area contributed by atoms with E-state index in [1.807, 2.05) is 0 Å². The molecule has 0 saturated carbocycles. The summed E-state index contributed by atoms with van der Waals surface area (Å²) >= 11 is 5.39. The van der Waals surface area contributed by atoms with E-state index in [1.54, 1.807) is 0 Å². The van der Waals surface area contributed by atoms with Gasteiger partial charge < -0.3 is 4.74 Å². The Bertz CT molecular complexity index is 450. The lowest BCUT2D eigenvalue weighted by Gasteiger charge is -2.11. The van der Waals surface area contributed by atoms with Gasteiger partial charge in [0.25, 0.3) is 0 Å². The molecule has 0 aliphatic carbocycles. The minimum absolute atomic E-state index is 0.144. The van der Waals surface area contributed by atoms with Gasteiger partial charge in [-0.2, -0.15) is 0 Å². The van der Waals surface area contributed by atoms with Crippen LogP contribution in [0.4, 0.5) is 18.9 Å². The van der Waals surface area contributed by atoms with Gasteiger partial charge in [-0.1, -0.05) is 0 Å². The van der Waals surface area contributed by atoms with Crippen LogP contribution in [0.3, 0.4) is 0 Å². The van der Waals surface area contributed by atoms with Crippen LogP contribution in [0.5, 0.6) is 5.75 Å². The zero-order valence-corrected chi connectivity index (χ0v) is 9.17. The quantitative estimate of drug-likeness (QED) is 0.481. The van der Waals surface area contributed by atoms with Crippen molar-refractivity contribution >= 4 is 17.3 Å². The van der Waals surface area contributed by atoms with E-state index in [9.17, 15) is 23.3 Å². The molecule has 0 aliphatic heterocycles. The zero-order valence-electron chi connectivity index (χ0n) is 8.42. The van der Waals surface area contributed by atoms with E-state index in [0.29, 0.717) is 0 Å². The molecule has 9 heteroatoms. The van der Waals surface area contributed by atoms with Gasteiger partial charge in [0.2, 0.25) is 5.75 Å². The number of aryl methyl sites for hydroxylation is 1. The third-order valence-electron chi connectivity index (χ3n) is 1.69. The maximum absolute atomic E-state index is 12.1. The van der Waals surface area contributed by atoms with E-state index in [4.69, 9.17) is 11.6 Å². The second-order valence-electron chi connectivity index (χ2n) is 3.00. The van der Waals surface area contributed by atoms with Gasteiger partial charge in [0.1, 0.15) is 5.69 Å². The molecule has 0 aromatic carbocycles. The molecule has 0 radical (unpaired) electrons. The van der Waals surface area contributed by atoms with Crippen LogP contribution in [0, 0.1) is 17.0 Å². The van der Waals surface area contributed by atoms with E-state index in [2.05, 4.69) is 9.72 Å². The SMILES string of the molecule is Cc1cc(OC(F)(F)F)c([N+](=O)[O-])c(CCl)n1. The van der Waals surface area contributed by atoms with E-state index >= 15 is 0 Å². The fourth-order valence-electron chi connectivity index (χ4n) is 1.19. The van der Waals surface area contributed by atoms with Crippen LogP contribution in [0.2, 0.25) is 0 Å². The molecule has 0 unspecified atom stereocenters. The number of hydrogen-bond acceptors (Lipinski definition) is 4. The first-order valence-corrected chi connectivity index (χ1v) is 4.74. The van der Waals surface area contributed by atoms with Crippen molar-refractivity contribution in [3.8, 4) is 5.75 Å². The molecule has 5 nitrogen and oxygen atoms in total. The lowest BCUT2D eigenvalue weighted by atomic mass is 10.2. The minimum atomic E-state index is -5.01. The number of pyridine rings is 1. The van der Waals surface area contributed by atoms with Crippen LogP contribution in [0.1, 0.15) is 11.4 Å². The van der Waals surface area contributed by atoms with Crippen LogP contribution < -0.4 is 4.74 Å². The van der Waals surface area contributed by atoms with Crippen LogP contribution in [-0.4, -0.2) is 16.3 Å². The Morgan fingerprint density at radius 2 is 2.18 bits per heavy atom. The molecule has 1 aromatic rings. The normalized spacial score (nSPS) is 11.4. The number of ether oxygens (including phenoxy) is 1. The fraction of sp³-hybridized carbons (Fsp3) is 0.375. The number of alkyl halides is 4. The molecule has 0 saturated heterocycles. The van der Waals surface area contributed by atoms with Crippen molar-refractivity contribution in [1.82, 2.24) is 4.98 Å². The summed E-state index contributed by atoms with van der Waals surface area (Å²) in [5, 5.41) is 10.7. The first-order chi connectivity index (χ1) is 7.74. The van der Waals surface area contributed by atoms with Crippen molar-refractivity contribution in [2.24, 2.45) is 0 Å². The lowest BCUT2D eigenvalue weighted by Crippen LogP contribution is -2.18. The Hall–Kier alpha value is -1.57. The number of halogens is 4. The molecule has 94 valence electrons. The smallest absolute Gasteiger partial charge is 0.398 e. The number of aromatic nitrogens is 1. The Morgan fingerprint density at radius 1 is 1.59 bits per heavy atom. The van der Waals surface area contributed by atoms with Crippen molar-refractivity contribution in [3.05, 3.63) is 27.6 Å². The molecule has 0 bridgehead atoms. The number of nitrogens with zero attached hydrogens (tertiary/aromatic N) is 2. The Labute approximate surface area is 98.3 Å². The van der Waals surface area contributed by atoms with Gasteiger partial charge >= 0.3 is 12.0 Å². The van der Waals surface area contributed by atoms with E-state index in [1.165, 1.54) is 6.92 Å². The molecule has 17 heavy (non-hydrogen) atoms. The van der Waals surface area contributed by atoms with Gasteiger partial charge in [-0.25, -0.2) is 4.98 Å². The fourth-order valence-corrected chi connectivity index (χ4v) is 1.38. The molecular weight excluding hydrogens is 265 g/mol. The largest absolute Gasteiger partial charge is 0.573 e. The van der Waals surface area contributed by atoms with Gasteiger partial charge in [-0.15, -0.1) is 24.8 Å². The van der Waals surface area contributed by atoms with E-state index in [0.717, 1.165) is 6.07 Å². The second-order valence-corrected chi connectivity index (χ2v) is 3.26.